The van der Waals surface area contributed by atoms with Gasteiger partial charge in [-0.05, 0) is 47.6 Å². The summed E-state index contributed by atoms with van der Waals surface area (Å²) in [5.74, 6) is 0. The molecule has 0 amide bonds. The molecule has 1 heterocycles. The van der Waals surface area contributed by atoms with Crippen molar-refractivity contribution in [2.75, 3.05) is 0 Å². The third-order valence-electron chi connectivity index (χ3n) is 1.88. The topological polar surface area (TPSA) is 53.4 Å². The van der Waals surface area contributed by atoms with Gasteiger partial charge in [0.15, 0.2) is 0 Å². The summed E-state index contributed by atoms with van der Waals surface area (Å²) in [4.78, 5) is 11.7. The molecule has 0 saturated heterocycles. The smallest absolute Gasteiger partial charge is 0.435 e. The maximum Gasteiger partial charge on any atom is 0.435 e. The average Bonchev–Trinajstić information content (AvgIpc) is 2.58. The zero-order chi connectivity index (χ0) is 14.0. The Balaban J connectivity index is 2.61. The van der Waals surface area contributed by atoms with Gasteiger partial charge in [-0.15, -0.1) is 0 Å². The van der Waals surface area contributed by atoms with Crippen molar-refractivity contribution >= 4 is 6.09 Å². The first-order valence-electron chi connectivity index (χ1n) is 5.99. The van der Waals surface area contributed by atoms with E-state index in [1.54, 1.807) is 12.3 Å². The Kier molecular flexibility index (Phi) is 4.16. The summed E-state index contributed by atoms with van der Waals surface area (Å²) in [7, 11) is 0. The number of hydrogen-bond donors (Lipinski definition) is 0. The molecule has 5 nitrogen and oxygen atoms in total. The molecule has 1 aromatic rings. The first-order chi connectivity index (χ1) is 8.07. The van der Waals surface area contributed by atoms with Crippen LogP contribution in [0.1, 0.15) is 47.2 Å². The fraction of sp³-hybridized carbons (Fsp3) is 0.692. The predicted octanol–water partition coefficient (Wildman–Crippen LogP) is 2.98. The first kappa shape index (κ1) is 14.7. The number of aromatic nitrogens is 2. The molecule has 0 saturated carbocycles. The van der Waals surface area contributed by atoms with E-state index in [1.165, 1.54) is 4.68 Å². The van der Waals surface area contributed by atoms with E-state index in [9.17, 15) is 4.79 Å². The molecule has 102 valence electrons. The second-order valence-corrected chi connectivity index (χ2v) is 6.13. The van der Waals surface area contributed by atoms with Gasteiger partial charge in [0.1, 0.15) is 5.60 Å². The van der Waals surface area contributed by atoms with Gasteiger partial charge in [-0.25, -0.2) is 4.79 Å². The number of nitrogens with zero attached hydrogens (tertiary/aromatic N) is 2. The lowest BCUT2D eigenvalue weighted by atomic mass is 10.2. The molecule has 0 aliphatic heterocycles. The summed E-state index contributed by atoms with van der Waals surface area (Å²) in [5, 5.41) is 4.11. The minimum Gasteiger partial charge on any atom is -0.442 e. The summed E-state index contributed by atoms with van der Waals surface area (Å²) < 4.78 is 12.0. The van der Waals surface area contributed by atoms with Gasteiger partial charge in [-0.2, -0.15) is 9.78 Å². The monoisotopic (exact) mass is 254 g/mol. The molecule has 0 spiro atoms. The Morgan fingerprint density at radius 3 is 2.33 bits per heavy atom. The summed E-state index contributed by atoms with van der Waals surface area (Å²) in [5.41, 5.74) is -0.0448. The van der Waals surface area contributed by atoms with Crippen molar-refractivity contribution in [3.05, 3.63) is 18.0 Å². The van der Waals surface area contributed by atoms with E-state index in [2.05, 4.69) is 5.10 Å². The summed E-state index contributed by atoms with van der Waals surface area (Å²) in [6, 6.07) is 1.75. The first-order valence-corrected chi connectivity index (χ1v) is 5.99. The Morgan fingerprint density at radius 2 is 1.83 bits per heavy atom. The lowest BCUT2D eigenvalue weighted by Crippen LogP contribution is -2.27. The molecule has 0 aliphatic carbocycles. The number of rotatable bonds is 2. The number of hydrogen-bond acceptors (Lipinski definition) is 4. The predicted molar refractivity (Wildman–Crippen MR) is 68.4 cm³/mol. The van der Waals surface area contributed by atoms with Crippen molar-refractivity contribution in [1.29, 1.82) is 0 Å². The van der Waals surface area contributed by atoms with Crippen LogP contribution < -0.4 is 0 Å². The minimum atomic E-state index is -0.523. The molecule has 0 radical (unpaired) electrons. The third-order valence-corrected chi connectivity index (χ3v) is 1.88. The molecule has 0 aliphatic rings. The maximum absolute atomic E-state index is 11.7. The average molecular weight is 254 g/mol. The normalized spacial score (nSPS) is 12.6. The fourth-order valence-electron chi connectivity index (χ4n) is 1.14. The summed E-state index contributed by atoms with van der Waals surface area (Å²) in [6.07, 6.45) is 1.10. The zero-order valence-corrected chi connectivity index (χ0v) is 12.0. The minimum absolute atomic E-state index is 0.226. The van der Waals surface area contributed by atoms with Crippen LogP contribution >= 0.6 is 0 Å². The van der Waals surface area contributed by atoms with Crippen molar-refractivity contribution < 1.29 is 14.3 Å². The van der Waals surface area contributed by atoms with E-state index in [0.29, 0.717) is 12.3 Å². The molecule has 1 rings (SSSR count). The second kappa shape index (κ2) is 5.10. The van der Waals surface area contributed by atoms with Gasteiger partial charge < -0.3 is 9.47 Å². The Bertz CT molecular complexity index is 411. The lowest BCUT2D eigenvalue weighted by molar-refractivity contribution is -0.0167. The highest BCUT2D eigenvalue weighted by atomic mass is 16.6. The van der Waals surface area contributed by atoms with E-state index in [4.69, 9.17) is 9.47 Å². The fourth-order valence-corrected chi connectivity index (χ4v) is 1.14. The van der Waals surface area contributed by atoms with Crippen LogP contribution in [-0.4, -0.2) is 27.1 Å². The molecular weight excluding hydrogens is 232 g/mol. The summed E-state index contributed by atoms with van der Waals surface area (Å²) in [6.45, 7) is 11.7. The van der Waals surface area contributed by atoms with Gasteiger partial charge in [-0.1, -0.05) is 0 Å². The van der Waals surface area contributed by atoms with Crippen LogP contribution in [0.2, 0.25) is 0 Å². The van der Waals surface area contributed by atoms with Crippen LogP contribution in [0.5, 0.6) is 0 Å². The zero-order valence-electron chi connectivity index (χ0n) is 12.0. The lowest BCUT2D eigenvalue weighted by Gasteiger charge is -2.19. The quantitative estimate of drug-likeness (QED) is 0.814. The molecule has 0 fully saturated rings. The Hall–Kier alpha value is -1.36. The molecule has 0 bridgehead atoms. The van der Waals surface area contributed by atoms with Crippen molar-refractivity contribution in [2.45, 2.75) is 59.4 Å². The van der Waals surface area contributed by atoms with Gasteiger partial charge in [-0.3, -0.25) is 0 Å². The standard InChI is InChI=1S/C13H22N2O3/c1-12(2,3)17-9-10-7-8-15(14-10)11(16)18-13(4,5)6/h7-8H,9H2,1-6H3. The van der Waals surface area contributed by atoms with E-state index >= 15 is 0 Å². The van der Waals surface area contributed by atoms with Gasteiger partial charge in [0, 0.05) is 6.20 Å². The van der Waals surface area contributed by atoms with Crippen LogP contribution in [0, 0.1) is 0 Å². The molecule has 18 heavy (non-hydrogen) atoms. The number of carbonyl (C=O) groups excluding carboxylic acids is 1. The second-order valence-electron chi connectivity index (χ2n) is 6.13. The summed E-state index contributed by atoms with van der Waals surface area (Å²) >= 11 is 0. The highest BCUT2D eigenvalue weighted by Gasteiger charge is 2.19. The number of ether oxygens (including phenoxy) is 2. The molecule has 0 unspecified atom stereocenters. The van der Waals surface area contributed by atoms with Crippen molar-refractivity contribution in [2.24, 2.45) is 0 Å². The van der Waals surface area contributed by atoms with E-state index in [-0.39, 0.29) is 5.60 Å². The van der Waals surface area contributed by atoms with Gasteiger partial charge >= 0.3 is 6.09 Å². The largest absolute Gasteiger partial charge is 0.442 e. The van der Waals surface area contributed by atoms with E-state index in [0.717, 1.165) is 0 Å². The SMILES string of the molecule is CC(C)(C)OCc1ccn(C(=O)OC(C)(C)C)n1. The van der Waals surface area contributed by atoms with Crippen LogP contribution in [0.3, 0.4) is 0 Å². The number of carbonyl (C=O) groups is 1. The molecule has 0 N–H and O–H groups in total. The molecule has 0 atom stereocenters. The Labute approximate surface area is 108 Å². The van der Waals surface area contributed by atoms with Crippen LogP contribution in [-0.2, 0) is 16.1 Å². The van der Waals surface area contributed by atoms with E-state index in [1.807, 2.05) is 41.5 Å². The highest BCUT2D eigenvalue weighted by molar-refractivity contribution is 5.69. The third kappa shape index (κ3) is 5.31. The maximum atomic E-state index is 11.7. The van der Waals surface area contributed by atoms with Crippen molar-refractivity contribution in [3.8, 4) is 0 Å². The Morgan fingerprint density at radius 1 is 1.22 bits per heavy atom. The van der Waals surface area contributed by atoms with Crippen molar-refractivity contribution in [3.63, 3.8) is 0 Å². The van der Waals surface area contributed by atoms with Gasteiger partial charge in [0.2, 0.25) is 0 Å². The van der Waals surface area contributed by atoms with Crippen LogP contribution in [0.25, 0.3) is 0 Å². The molecule has 0 aromatic carbocycles. The van der Waals surface area contributed by atoms with Gasteiger partial charge in [0.05, 0.1) is 17.9 Å². The molecule has 5 heteroatoms. The van der Waals surface area contributed by atoms with Gasteiger partial charge in [0.25, 0.3) is 0 Å². The van der Waals surface area contributed by atoms with Crippen molar-refractivity contribution in [1.82, 2.24) is 9.78 Å². The van der Waals surface area contributed by atoms with E-state index < -0.39 is 11.7 Å². The highest BCUT2D eigenvalue weighted by Crippen LogP contribution is 2.12. The van der Waals surface area contributed by atoms with Crippen LogP contribution in [0.4, 0.5) is 4.79 Å². The molecule has 1 aromatic heterocycles. The molecular formula is C13H22N2O3. The van der Waals surface area contributed by atoms with Crippen LogP contribution in [0.15, 0.2) is 12.3 Å².